The van der Waals surface area contributed by atoms with Crippen LogP contribution in [0.1, 0.15) is 21.6 Å². The third kappa shape index (κ3) is 4.49. The number of halogens is 1. The summed E-state index contributed by atoms with van der Waals surface area (Å²) >= 11 is 5.96. The number of hydrogen-bond donors (Lipinski definition) is 2. The Hall–Kier alpha value is -3.12. The summed E-state index contributed by atoms with van der Waals surface area (Å²) in [6.07, 6.45) is 0.193. The van der Waals surface area contributed by atoms with E-state index in [0.29, 0.717) is 22.0 Å². The SMILES string of the molecule is NC(=O)c1ccc(CC(=O)NCc2cc(-c3cccc(Cl)c3)on2)cc1. The number of nitrogens with two attached hydrogens (primary N) is 1. The smallest absolute Gasteiger partial charge is 0.248 e. The molecule has 0 bridgehead atoms. The predicted molar refractivity (Wildman–Crippen MR) is 97.5 cm³/mol. The molecule has 0 saturated heterocycles. The van der Waals surface area contributed by atoms with E-state index in [1.807, 2.05) is 12.1 Å². The zero-order valence-electron chi connectivity index (χ0n) is 13.7. The Kier molecular flexibility index (Phi) is 5.34. The van der Waals surface area contributed by atoms with Gasteiger partial charge in [-0.3, -0.25) is 9.59 Å². The zero-order chi connectivity index (χ0) is 18.5. The van der Waals surface area contributed by atoms with Gasteiger partial charge in [0, 0.05) is 22.2 Å². The highest BCUT2D eigenvalue weighted by Crippen LogP contribution is 2.23. The van der Waals surface area contributed by atoms with E-state index in [1.54, 1.807) is 42.5 Å². The van der Waals surface area contributed by atoms with Crippen LogP contribution in [0.2, 0.25) is 5.02 Å². The zero-order valence-corrected chi connectivity index (χ0v) is 14.5. The molecule has 3 N–H and O–H groups in total. The summed E-state index contributed by atoms with van der Waals surface area (Å²) < 4.78 is 5.29. The third-order valence-corrected chi connectivity index (χ3v) is 3.97. The van der Waals surface area contributed by atoms with E-state index in [0.717, 1.165) is 11.1 Å². The van der Waals surface area contributed by atoms with Crippen LogP contribution in [-0.4, -0.2) is 17.0 Å². The predicted octanol–water partition coefficient (Wildman–Crippen LogP) is 2.95. The quantitative estimate of drug-likeness (QED) is 0.697. The van der Waals surface area contributed by atoms with Crippen molar-refractivity contribution < 1.29 is 14.1 Å². The first-order valence-corrected chi connectivity index (χ1v) is 8.26. The van der Waals surface area contributed by atoms with Crippen LogP contribution in [0, 0.1) is 0 Å². The van der Waals surface area contributed by atoms with Gasteiger partial charge in [-0.25, -0.2) is 0 Å². The first-order chi connectivity index (χ1) is 12.5. The number of hydrogen-bond acceptors (Lipinski definition) is 4. The number of aromatic nitrogens is 1. The van der Waals surface area contributed by atoms with Crippen molar-refractivity contribution in [3.8, 4) is 11.3 Å². The lowest BCUT2D eigenvalue weighted by Gasteiger charge is -2.04. The van der Waals surface area contributed by atoms with E-state index in [2.05, 4.69) is 10.5 Å². The maximum Gasteiger partial charge on any atom is 0.248 e. The highest BCUT2D eigenvalue weighted by molar-refractivity contribution is 6.30. The molecule has 0 spiro atoms. The van der Waals surface area contributed by atoms with E-state index in [4.69, 9.17) is 21.9 Å². The number of carbonyl (C=O) groups excluding carboxylic acids is 2. The molecule has 26 heavy (non-hydrogen) atoms. The van der Waals surface area contributed by atoms with Crippen molar-refractivity contribution in [1.29, 1.82) is 0 Å². The minimum atomic E-state index is -0.498. The van der Waals surface area contributed by atoms with Gasteiger partial charge in [-0.05, 0) is 29.8 Å². The van der Waals surface area contributed by atoms with Gasteiger partial charge in [-0.2, -0.15) is 0 Å². The normalized spacial score (nSPS) is 10.5. The van der Waals surface area contributed by atoms with Crippen LogP contribution < -0.4 is 11.1 Å². The van der Waals surface area contributed by atoms with Crippen LogP contribution in [0.15, 0.2) is 59.1 Å². The fraction of sp³-hybridized carbons (Fsp3) is 0.105. The van der Waals surface area contributed by atoms with Crippen molar-refractivity contribution >= 4 is 23.4 Å². The second-order valence-corrected chi connectivity index (χ2v) is 6.14. The van der Waals surface area contributed by atoms with Gasteiger partial charge >= 0.3 is 0 Å². The molecule has 0 unspecified atom stereocenters. The molecule has 0 atom stereocenters. The van der Waals surface area contributed by atoms with Gasteiger partial charge in [0.15, 0.2) is 5.76 Å². The Balaban J connectivity index is 1.55. The monoisotopic (exact) mass is 369 g/mol. The van der Waals surface area contributed by atoms with Crippen molar-refractivity contribution in [3.63, 3.8) is 0 Å². The maximum atomic E-state index is 12.0. The van der Waals surface area contributed by atoms with Crippen LogP contribution in [0.4, 0.5) is 0 Å². The number of benzene rings is 2. The number of nitrogens with zero attached hydrogens (tertiary/aromatic N) is 1. The summed E-state index contributed by atoms with van der Waals surface area (Å²) in [5.74, 6) is -0.0783. The molecule has 0 fully saturated rings. The van der Waals surface area contributed by atoms with E-state index in [9.17, 15) is 9.59 Å². The minimum absolute atomic E-state index is 0.163. The van der Waals surface area contributed by atoms with Crippen molar-refractivity contribution in [2.75, 3.05) is 0 Å². The second kappa shape index (κ2) is 7.84. The highest BCUT2D eigenvalue weighted by Gasteiger charge is 2.09. The molecule has 2 aromatic carbocycles. The fourth-order valence-corrected chi connectivity index (χ4v) is 2.59. The summed E-state index contributed by atoms with van der Waals surface area (Å²) in [6, 6.07) is 15.6. The van der Waals surface area contributed by atoms with Crippen LogP contribution >= 0.6 is 11.6 Å². The molecule has 0 aliphatic carbocycles. The number of rotatable bonds is 6. The van der Waals surface area contributed by atoms with Crippen LogP contribution in [0.25, 0.3) is 11.3 Å². The number of primary amides is 1. The molecule has 2 amide bonds. The van der Waals surface area contributed by atoms with Gasteiger partial charge in [0.1, 0.15) is 5.69 Å². The van der Waals surface area contributed by atoms with E-state index in [1.165, 1.54) is 0 Å². The van der Waals surface area contributed by atoms with E-state index >= 15 is 0 Å². The molecule has 6 nitrogen and oxygen atoms in total. The van der Waals surface area contributed by atoms with Gasteiger partial charge in [-0.1, -0.05) is 41.0 Å². The molecule has 7 heteroatoms. The van der Waals surface area contributed by atoms with Gasteiger partial charge < -0.3 is 15.6 Å². The molecule has 3 aromatic rings. The summed E-state index contributed by atoms with van der Waals surface area (Å²) in [7, 11) is 0. The molecule has 1 aromatic heterocycles. The molecule has 1 heterocycles. The lowest BCUT2D eigenvalue weighted by molar-refractivity contribution is -0.120. The Labute approximate surface area is 154 Å². The van der Waals surface area contributed by atoms with Crippen molar-refractivity contribution in [1.82, 2.24) is 10.5 Å². The van der Waals surface area contributed by atoms with Gasteiger partial charge in [-0.15, -0.1) is 0 Å². The molecule has 0 aliphatic rings. The summed E-state index contributed by atoms with van der Waals surface area (Å²) in [5.41, 5.74) is 7.81. The van der Waals surface area contributed by atoms with Crippen molar-refractivity contribution in [2.24, 2.45) is 5.73 Å². The molecule has 3 rings (SSSR count). The maximum absolute atomic E-state index is 12.0. The summed E-state index contributed by atoms with van der Waals surface area (Å²) in [6.45, 7) is 0.252. The number of nitrogens with one attached hydrogen (secondary N) is 1. The Morgan fingerprint density at radius 1 is 1.12 bits per heavy atom. The molecule has 0 radical (unpaired) electrons. The average Bonchev–Trinajstić information content (AvgIpc) is 3.09. The lowest BCUT2D eigenvalue weighted by atomic mass is 10.1. The lowest BCUT2D eigenvalue weighted by Crippen LogP contribution is -2.24. The molecule has 0 aliphatic heterocycles. The van der Waals surface area contributed by atoms with Crippen molar-refractivity contribution in [3.05, 3.63) is 76.4 Å². The van der Waals surface area contributed by atoms with Gasteiger partial charge in [0.05, 0.1) is 13.0 Å². The Morgan fingerprint density at radius 2 is 1.88 bits per heavy atom. The fourth-order valence-electron chi connectivity index (χ4n) is 2.40. The Morgan fingerprint density at radius 3 is 2.58 bits per heavy atom. The molecular weight excluding hydrogens is 354 g/mol. The number of carbonyl (C=O) groups is 2. The molecule has 0 saturated carbocycles. The van der Waals surface area contributed by atoms with Crippen LogP contribution in [-0.2, 0) is 17.8 Å². The summed E-state index contributed by atoms with van der Waals surface area (Å²) in [5, 5.41) is 7.34. The molecule has 132 valence electrons. The van der Waals surface area contributed by atoms with Crippen LogP contribution in [0.3, 0.4) is 0 Å². The topological polar surface area (TPSA) is 98.2 Å². The average molecular weight is 370 g/mol. The van der Waals surface area contributed by atoms with Gasteiger partial charge in [0.25, 0.3) is 0 Å². The number of amides is 2. The first kappa shape index (κ1) is 17.7. The molecular formula is C19H16ClN3O3. The van der Waals surface area contributed by atoms with E-state index < -0.39 is 5.91 Å². The summed E-state index contributed by atoms with van der Waals surface area (Å²) in [4.78, 5) is 23.1. The third-order valence-electron chi connectivity index (χ3n) is 3.74. The Bertz CT molecular complexity index is 935. The van der Waals surface area contributed by atoms with Gasteiger partial charge in [0.2, 0.25) is 11.8 Å². The second-order valence-electron chi connectivity index (χ2n) is 5.71. The minimum Gasteiger partial charge on any atom is -0.366 e. The van der Waals surface area contributed by atoms with Crippen molar-refractivity contribution in [2.45, 2.75) is 13.0 Å². The highest BCUT2D eigenvalue weighted by atomic mass is 35.5. The van der Waals surface area contributed by atoms with Crippen LogP contribution in [0.5, 0.6) is 0 Å². The standard InChI is InChI=1S/C19H16ClN3O3/c20-15-3-1-2-14(9-15)17-10-16(23-26-17)11-22-18(24)8-12-4-6-13(7-5-12)19(21)25/h1-7,9-10H,8,11H2,(H2,21,25)(H,22,24). The van der Waals surface area contributed by atoms with E-state index in [-0.39, 0.29) is 18.9 Å². The largest absolute Gasteiger partial charge is 0.366 e. The first-order valence-electron chi connectivity index (χ1n) is 7.88.